The molecule has 3 rings (SSSR count). The van der Waals surface area contributed by atoms with Gasteiger partial charge in [-0.15, -0.1) is 0 Å². The lowest BCUT2D eigenvalue weighted by atomic mass is 9.86. The van der Waals surface area contributed by atoms with Gasteiger partial charge >= 0.3 is 6.09 Å². The van der Waals surface area contributed by atoms with Gasteiger partial charge in [-0.1, -0.05) is 0 Å². The van der Waals surface area contributed by atoms with Crippen LogP contribution in [-0.2, 0) is 4.74 Å². The zero-order valence-electron chi connectivity index (χ0n) is 7.03. The van der Waals surface area contributed by atoms with Crippen molar-refractivity contribution in [2.45, 2.75) is 18.9 Å². The van der Waals surface area contributed by atoms with E-state index in [0.29, 0.717) is 5.92 Å². The van der Waals surface area contributed by atoms with E-state index in [1.165, 1.54) is 0 Å². The number of nitrogens with zero attached hydrogens (tertiary/aromatic N) is 1. The molecule has 0 aromatic rings. The average Bonchev–Trinajstić information content (AvgIpc) is 2.05. The lowest BCUT2D eigenvalue weighted by Crippen LogP contribution is -2.52. The van der Waals surface area contributed by atoms with Gasteiger partial charge in [0.25, 0.3) is 0 Å². The van der Waals surface area contributed by atoms with E-state index >= 15 is 0 Å². The minimum Gasteiger partial charge on any atom is -0.445 e. The molecule has 1 atom stereocenters. The molecule has 0 unspecified atom stereocenters. The Kier molecular flexibility index (Phi) is 1.92. The van der Waals surface area contributed by atoms with Crippen molar-refractivity contribution in [2.24, 2.45) is 11.7 Å². The van der Waals surface area contributed by atoms with Crippen LogP contribution in [-0.4, -0.2) is 36.7 Å². The Morgan fingerprint density at radius 2 is 2.08 bits per heavy atom. The molecule has 3 aliphatic rings. The van der Waals surface area contributed by atoms with Gasteiger partial charge < -0.3 is 10.5 Å². The number of piperidine rings is 3. The SMILES string of the molecule is NC(=O)O[C@@H]1CN2CCC1CC2. The van der Waals surface area contributed by atoms with E-state index in [0.717, 1.165) is 32.5 Å². The number of fused-ring (bicyclic) bond motifs is 3. The topological polar surface area (TPSA) is 55.6 Å². The predicted molar refractivity (Wildman–Crippen MR) is 43.6 cm³/mol. The van der Waals surface area contributed by atoms with Crippen molar-refractivity contribution in [1.29, 1.82) is 0 Å². The molecule has 2 N–H and O–H groups in total. The lowest BCUT2D eigenvalue weighted by Gasteiger charge is -2.43. The Hall–Kier alpha value is -0.770. The largest absolute Gasteiger partial charge is 0.445 e. The Balaban J connectivity index is 1.95. The number of hydrogen-bond acceptors (Lipinski definition) is 3. The summed E-state index contributed by atoms with van der Waals surface area (Å²) in [4.78, 5) is 12.9. The number of ether oxygens (including phenoxy) is 1. The van der Waals surface area contributed by atoms with E-state index < -0.39 is 6.09 Å². The van der Waals surface area contributed by atoms with Gasteiger partial charge in [0.2, 0.25) is 0 Å². The first-order valence-electron chi connectivity index (χ1n) is 4.44. The summed E-state index contributed by atoms with van der Waals surface area (Å²) in [7, 11) is 0. The Morgan fingerprint density at radius 3 is 2.50 bits per heavy atom. The molecule has 4 nitrogen and oxygen atoms in total. The number of primary amides is 1. The van der Waals surface area contributed by atoms with Crippen LogP contribution in [0, 0.1) is 5.92 Å². The number of rotatable bonds is 1. The summed E-state index contributed by atoms with van der Waals surface area (Å²) >= 11 is 0. The van der Waals surface area contributed by atoms with Crippen molar-refractivity contribution in [3.8, 4) is 0 Å². The van der Waals surface area contributed by atoms with Gasteiger partial charge in [-0.3, -0.25) is 4.90 Å². The number of amides is 1. The third kappa shape index (κ3) is 1.39. The van der Waals surface area contributed by atoms with Crippen molar-refractivity contribution in [1.82, 2.24) is 4.90 Å². The van der Waals surface area contributed by atoms with Gasteiger partial charge in [0, 0.05) is 6.54 Å². The van der Waals surface area contributed by atoms with Crippen LogP contribution >= 0.6 is 0 Å². The molecule has 4 heteroatoms. The van der Waals surface area contributed by atoms with Crippen LogP contribution in [0.4, 0.5) is 4.79 Å². The third-order valence-corrected chi connectivity index (χ3v) is 2.86. The Labute approximate surface area is 71.7 Å². The molecule has 3 fully saturated rings. The standard InChI is InChI=1S/C8H14N2O2/c9-8(11)12-7-5-10-3-1-6(7)2-4-10/h6-7H,1-5H2,(H2,9,11)/t7-/m1/s1. The summed E-state index contributed by atoms with van der Waals surface area (Å²) in [6.45, 7) is 3.19. The summed E-state index contributed by atoms with van der Waals surface area (Å²) in [6, 6.07) is 0. The summed E-state index contributed by atoms with van der Waals surface area (Å²) in [6.07, 6.45) is 1.73. The molecule has 12 heavy (non-hydrogen) atoms. The minimum atomic E-state index is -0.631. The van der Waals surface area contributed by atoms with E-state index in [1.807, 2.05) is 0 Å². The molecule has 0 radical (unpaired) electrons. The molecule has 3 saturated heterocycles. The van der Waals surface area contributed by atoms with Gasteiger partial charge in [-0.05, 0) is 31.8 Å². The number of nitrogens with two attached hydrogens (primary N) is 1. The van der Waals surface area contributed by atoms with Gasteiger partial charge in [-0.25, -0.2) is 4.79 Å². The quantitative estimate of drug-likeness (QED) is 0.610. The van der Waals surface area contributed by atoms with Gasteiger partial charge in [0.05, 0.1) is 0 Å². The smallest absolute Gasteiger partial charge is 0.404 e. The molecule has 0 aromatic carbocycles. The first-order chi connectivity index (χ1) is 5.75. The second-order valence-corrected chi connectivity index (χ2v) is 3.61. The van der Waals surface area contributed by atoms with Crippen molar-refractivity contribution in [3.63, 3.8) is 0 Å². The van der Waals surface area contributed by atoms with E-state index in [-0.39, 0.29) is 6.10 Å². The highest BCUT2D eigenvalue weighted by Gasteiger charge is 2.35. The van der Waals surface area contributed by atoms with Gasteiger partial charge in [0.15, 0.2) is 0 Å². The molecule has 0 spiro atoms. The maximum atomic E-state index is 10.5. The summed E-state index contributed by atoms with van der Waals surface area (Å²) in [5.74, 6) is 0.558. The monoisotopic (exact) mass is 170 g/mol. The maximum absolute atomic E-state index is 10.5. The van der Waals surface area contributed by atoms with Crippen LogP contribution in [0.3, 0.4) is 0 Å². The highest BCUT2D eigenvalue weighted by atomic mass is 16.6. The molecular formula is C8H14N2O2. The van der Waals surface area contributed by atoms with E-state index in [1.54, 1.807) is 0 Å². The normalized spacial score (nSPS) is 39.5. The van der Waals surface area contributed by atoms with Crippen LogP contribution in [0.15, 0.2) is 0 Å². The highest BCUT2D eigenvalue weighted by Crippen LogP contribution is 2.29. The number of carbonyl (C=O) groups excluding carboxylic acids is 1. The second-order valence-electron chi connectivity index (χ2n) is 3.61. The molecule has 0 saturated carbocycles. The summed E-state index contributed by atoms with van der Waals surface area (Å²) < 4.78 is 5.02. The zero-order valence-corrected chi connectivity index (χ0v) is 7.03. The molecule has 68 valence electrons. The number of hydrogen-bond donors (Lipinski definition) is 1. The molecule has 0 aromatic heterocycles. The molecule has 0 aliphatic carbocycles. The second kappa shape index (κ2) is 2.94. The summed E-state index contributed by atoms with van der Waals surface area (Å²) in [5.41, 5.74) is 4.98. The van der Waals surface area contributed by atoms with Gasteiger partial charge in [0.1, 0.15) is 6.10 Å². The first-order valence-corrected chi connectivity index (χ1v) is 4.44. The van der Waals surface area contributed by atoms with Crippen LogP contribution in [0.1, 0.15) is 12.8 Å². The average molecular weight is 170 g/mol. The van der Waals surface area contributed by atoms with Crippen LogP contribution < -0.4 is 5.73 Å². The fourth-order valence-corrected chi connectivity index (χ4v) is 2.19. The molecular weight excluding hydrogens is 156 g/mol. The van der Waals surface area contributed by atoms with Crippen molar-refractivity contribution < 1.29 is 9.53 Å². The molecule has 1 amide bonds. The van der Waals surface area contributed by atoms with Crippen LogP contribution in [0.2, 0.25) is 0 Å². The highest BCUT2D eigenvalue weighted by molar-refractivity contribution is 5.64. The van der Waals surface area contributed by atoms with E-state index in [4.69, 9.17) is 10.5 Å². The third-order valence-electron chi connectivity index (χ3n) is 2.86. The Morgan fingerprint density at radius 1 is 1.42 bits per heavy atom. The van der Waals surface area contributed by atoms with Gasteiger partial charge in [-0.2, -0.15) is 0 Å². The Bertz CT molecular complexity index is 187. The fourth-order valence-electron chi connectivity index (χ4n) is 2.19. The first kappa shape index (κ1) is 7.86. The minimum absolute atomic E-state index is 0.0602. The van der Waals surface area contributed by atoms with Crippen molar-refractivity contribution in [3.05, 3.63) is 0 Å². The molecule has 3 heterocycles. The molecule has 3 aliphatic heterocycles. The lowest BCUT2D eigenvalue weighted by molar-refractivity contribution is -0.0304. The zero-order chi connectivity index (χ0) is 8.55. The van der Waals surface area contributed by atoms with Crippen molar-refractivity contribution >= 4 is 6.09 Å². The van der Waals surface area contributed by atoms with E-state index in [9.17, 15) is 4.79 Å². The van der Waals surface area contributed by atoms with Crippen molar-refractivity contribution in [2.75, 3.05) is 19.6 Å². The molecule has 2 bridgehead atoms. The maximum Gasteiger partial charge on any atom is 0.404 e. The fraction of sp³-hybridized carbons (Fsp3) is 0.875. The summed E-state index contributed by atoms with van der Waals surface area (Å²) in [5, 5.41) is 0. The number of carbonyl (C=O) groups is 1. The van der Waals surface area contributed by atoms with Crippen LogP contribution in [0.5, 0.6) is 0 Å². The van der Waals surface area contributed by atoms with Crippen LogP contribution in [0.25, 0.3) is 0 Å². The van der Waals surface area contributed by atoms with E-state index in [2.05, 4.69) is 4.90 Å². The predicted octanol–water partition coefficient (Wildman–Crippen LogP) is 0.176.